The number of unbranched alkanes of at least 4 members (excludes halogenated alkanes) is 1. The van der Waals surface area contributed by atoms with E-state index < -0.39 is 33.9 Å². The first-order valence-electron chi connectivity index (χ1n) is 13.2. The quantitative estimate of drug-likeness (QED) is 0.363. The molecule has 2 aromatic rings. The molecule has 2 aliphatic rings. The fraction of sp³-hybridized carbons (Fsp3) is 0.519. The van der Waals surface area contributed by atoms with Gasteiger partial charge in [0.05, 0.1) is 37.7 Å². The summed E-state index contributed by atoms with van der Waals surface area (Å²) in [6.45, 7) is 2.84. The number of carbonyl (C=O) groups is 2. The number of rotatable bonds is 13. The molecule has 2 aliphatic heterocycles. The van der Waals surface area contributed by atoms with Crippen molar-refractivity contribution in [2.75, 3.05) is 51.2 Å². The smallest absolute Gasteiger partial charge is 0.308 e. The molecule has 0 spiro atoms. The fourth-order valence-corrected chi connectivity index (χ4v) is 5.92. The number of carbonyl (C=O) groups excluding carboxylic acids is 1. The molecule has 13 heteroatoms. The number of amides is 1. The predicted octanol–water partition coefficient (Wildman–Crippen LogP) is 2.06. The zero-order valence-electron chi connectivity index (χ0n) is 22.9. The zero-order chi connectivity index (χ0) is 28.9. The number of sulfonamides is 1. The van der Waals surface area contributed by atoms with Crippen molar-refractivity contribution in [2.24, 2.45) is 5.92 Å². The third-order valence-corrected chi connectivity index (χ3v) is 8.01. The molecule has 3 heterocycles. The summed E-state index contributed by atoms with van der Waals surface area (Å²) in [4.78, 5) is 34.1. The van der Waals surface area contributed by atoms with Crippen molar-refractivity contribution in [1.29, 1.82) is 0 Å². The third kappa shape index (κ3) is 6.83. The molecule has 2 N–H and O–H groups in total. The van der Waals surface area contributed by atoms with Crippen molar-refractivity contribution in [2.45, 2.75) is 38.1 Å². The molecule has 0 radical (unpaired) electrons. The molecule has 0 bridgehead atoms. The van der Waals surface area contributed by atoms with E-state index in [1.807, 2.05) is 17.9 Å². The van der Waals surface area contributed by atoms with Gasteiger partial charge in [0.25, 0.3) is 0 Å². The van der Waals surface area contributed by atoms with E-state index in [-0.39, 0.29) is 38.8 Å². The lowest BCUT2D eigenvalue weighted by atomic mass is 9.84. The van der Waals surface area contributed by atoms with Crippen molar-refractivity contribution in [3.8, 4) is 17.2 Å². The molecular weight excluding hydrogens is 540 g/mol. The van der Waals surface area contributed by atoms with Crippen LogP contribution in [0.25, 0.3) is 0 Å². The number of hydrogen-bond donors (Lipinski definition) is 2. The number of likely N-dealkylation sites (tertiary alicyclic amines) is 1. The van der Waals surface area contributed by atoms with Gasteiger partial charge in [-0.15, -0.1) is 0 Å². The van der Waals surface area contributed by atoms with Gasteiger partial charge in [-0.2, -0.15) is 0 Å². The normalized spacial score (nSPS) is 20.4. The van der Waals surface area contributed by atoms with E-state index in [0.29, 0.717) is 35.0 Å². The maximum Gasteiger partial charge on any atom is 0.308 e. The van der Waals surface area contributed by atoms with Crippen molar-refractivity contribution < 1.29 is 37.3 Å². The third-order valence-electron chi connectivity index (χ3n) is 7.28. The van der Waals surface area contributed by atoms with Gasteiger partial charge >= 0.3 is 5.97 Å². The van der Waals surface area contributed by atoms with Crippen molar-refractivity contribution in [1.82, 2.24) is 14.6 Å². The van der Waals surface area contributed by atoms with Crippen LogP contribution in [0.5, 0.6) is 17.2 Å². The number of aliphatic carboxylic acids is 1. The van der Waals surface area contributed by atoms with Gasteiger partial charge in [-0.1, -0.05) is 13.3 Å². The average molecular weight is 577 g/mol. The summed E-state index contributed by atoms with van der Waals surface area (Å²) >= 11 is 0. The number of anilines is 1. The summed E-state index contributed by atoms with van der Waals surface area (Å²) in [6.07, 6.45) is 6.21. The summed E-state index contributed by atoms with van der Waals surface area (Å²) in [5.74, 6) is -1.29. The number of carboxylic acid groups (broad SMARTS) is 1. The Kier molecular flexibility index (Phi) is 9.48. The molecule has 4 rings (SSSR count). The first-order chi connectivity index (χ1) is 19.1. The SMILES string of the molecule is CCCCN(C(=O)CN1C[C@H](c2cc(OC)c3c(c2)OCO3)C(C(=O)O)[C@@H]1CCNS(C)(=O)=O)c1cccnc1. The van der Waals surface area contributed by atoms with Gasteiger partial charge in [0.2, 0.25) is 28.5 Å². The summed E-state index contributed by atoms with van der Waals surface area (Å²) < 4.78 is 42.5. The van der Waals surface area contributed by atoms with E-state index in [1.54, 1.807) is 35.5 Å². The van der Waals surface area contributed by atoms with Gasteiger partial charge in [0, 0.05) is 37.8 Å². The van der Waals surface area contributed by atoms with Crippen LogP contribution in [0.4, 0.5) is 5.69 Å². The molecule has 1 unspecified atom stereocenters. The van der Waals surface area contributed by atoms with Crippen LogP contribution >= 0.6 is 0 Å². The molecule has 1 aromatic carbocycles. The topological polar surface area (TPSA) is 148 Å². The molecule has 1 amide bonds. The van der Waals surface area contributed by atoms with Crippen LogP contribution in [0.2, 0.25) is 0 Å². The molecule has 1 saturated heterocycles. The Morgan fingerprint density at radius 1 is 1.30 bits per heavy atom. The number of fused-ring (bicyclic) bond motifs is 1. The van der Waals surface area contributed by atoms with Crippen molar-refractivity contribution >= 4 is 27.6 Å². The average Bonchev–Trinajstić information content (AvgIpc) is 3.53. The summed E-state index contributed by atoms with van der Waals surface area (Å²) in [5, 5.41) is 10.4. The maximum absolute atomic E-state index is 13.7. The highest BCUT2D eigenvalue weighted by Gasteiger charge is 2.47. The number of ether oxygens (including phenoxy) is 3. The molecule has 0 aliphatic carbocycles. The van der Waals surface area contributed by atoms with Crippen LogP contribution in [-0.2, 0) is 19.6 Å². The van der Waals surface area contributed by atoms with E-state index in [9.17, 15) is 23.1 Å². The number of carboxylic acids is 1. The Labute approximate surface area is 234 Å². The van der Waals surface area contributed by atoms with E-state index >= 15 is 0 Å². The van der Waals surface area contributed by atoms with Gasteiger partial charge < -0.3 is 24.2 Å². The molecule has 218 valence electrons. The number of nitrogens with zero attached hydrogens (tertiary/aromatic N) is 3. The second-order valence-corrected chi connectivity index (χ2v) is 11.8. The first kappa shape index (κ1) is 29.6. The van der Waals surface area contributed by atoms with Crippen LogP contribution < -0.4 is 23.8 Å². The summed E-state index contributed by atoms with van der Waals surface area (Å²) in [7, 11) is -1.98. The van der Waals surface area contributed by atoms with Crippen LogP contribution in [0.15, 0.2) is 36.7 Å². The van der Waals surface area contributed by atoms with Gasteiger partial charge in [0.1, 0.15) is 0 Å². The highest BCUT2D eigenvalue weighted by molar-refractivity contribution is 7.88. The van der Waals surface area contributed by atoms with Crippen molar-refractivity contribution in [3.63, 3.8) is 0 Å². The number of pyridine rings is 1. The largest absolute Gasteiger partial charge is 0.493 e. The minimum Gasteiger partial charge on any atom is -0.493 e. The van der Waals surface area contributed by atoms with Crippen LogP contribution in [0, 0.1) is 5.92 Å². The van der Waals surface area contributed by atoms with E-state index in [0.717, 1.165) is 19.1 Å². The summed E-state index contributed by atoms with van der Waals surface area (Å²) in [6, 6.07) is 6.47. The number of aromatic nitrogens is 1. The Balaban J connectivity index is 1.66. The number of hydrogen-bond acceptors (Lipinski definition) is 9. The monoisotopic (exact) mass is 576 g/mol. The van der Waals surface area contributed by atoms with Gasteiger partial charge in [-0.3, -0.25) is 19.5 Å². The molecule has 0 saturated carbocycles. The van der Waals surface area contributed by atoms with E-state index in [2.05, 4.69) is 9.71 Å². The van der Waals surface area contributed by atoms with Crippen LogP contribution in [0.3, 0.4) is 0 Å². The second kappa shape index (κ2) is 12.8. The number of methoxy groups -OCH3 is 1. The molecular formula is C27H36N4O8S. The van der Waals surface area contributed by atoms with Gasteiger partial charge in [-0.25, -0.2) is 13.1 Å². The number of benzene rings is 1. The lowest BCUT2D eigenvalue weighted by Gasteiger charge is -2.29. The zero-order valence-corrected chi connectivity index (χ0v) is 23.7. The molecule has 12 nitrogen and oxygen atoms in total. The lowest BCUT2D eigenvalue weighted by molar-refractivity contribution is -0.143. The van der Waals surface area contributed by atoms with Crippen LogP contribution in [-0.4, -0.2) is 87.7 Å². The van der Waals surface area contributed by atoms with E-state index in [4.69, 9.17) is 14.2 Å². The van der Waals surface area contributed by atoms with Gasteiger partial charge in [0.15, 0.2) is 11.5 Å². The lowest BCUT2D eigenvalue weighted by Crippen LogP contribution is -2.45. The molecule has 3 atom stereocenters. The Morgan fingerprint density at radius 3 is 2.75 bits per heavy atom. The summed E-state index contributed by atoms with van der Waals surface area (Å²) in [5.41, 5.74) is 1.35. The molecule has 1 aromatic heterocycles. The standard InChI is InChI=1S/C27H36N4O8S/c1-4-5-11-31(19-7-6-9-28-14-19)24(32)16-30-15-20(18-12-22(37-2)26-23(13-18)38-17-39-26)25(27(33)34)21(30)8-10-29-40(3,35)36/h6-7,9,12-14,20-21,25,29H,4-5,8,10-11,15-17H2,1-3H3,(H,33,34)/t20-,21+,25?/m1/s1. The Hall–Kier alpha value is -3.42. The Morgan fingerprint density at radius 2 is 2.10 bits per heavy atom. The van der Waals surface area contributed by atoms with Crippen molar-refractivity contribution in [3.05, 3.63) is 42.2 Å². The fourth-order valence-electron chi connectivity index (χ4n) is 5.43. The maximum atomic E-state index is 13.7. The molecule has 1 fully saturated rings. The highest BCUT2D eigenvalue weighted by Crippen LogP contribution is 2.47. The second-order valence-electron chi connectivity index (χ2n) is 9.99. The molecule has 40 heavy (non-hydrogen) atoms. The van der Waals surface area contributed by atoms with Gasteiger partial charge in [-0.05, 0) is 42.7 Å². The minimum absolute atomic E-state index is 0.0323. The highest BCUT2D eigenvalue weighted by atomic mass is 32.2. The predicted molar refractivity (Wildman–Crippen MR) is 147 cm³/mol. The minimum atomic E-state index is -3.48. The van der Waals surface area contributed by atoms with Crippen LogP contribution in [0.1, 0.15) is 37.7 Å². The van der Waals surface area contributed by atoms with E-state index in [1.165, 1.54) is 7.11 Å². The number of nitrogens with one attached hydrogen (secondary N) is 1. The Bertz CT molecular complexity index is 1310. The first-order valence-corrected chi connectivity index (χ1v) is 15.1.